The number of non-ortho nitro benzene ring substituents is 1. The number of anilines is 1. The molecule has 21 heavy (non-hydrogen) atoms. The molecule has 0 saturated heterocycles. The van der Waals surface area contributed by atoms with Crippen molar-refractivity contribution in [2.75, 3.05) is 18.5 Å². The van der Waals surface area contributed by atoms with E-state index in [2.05, 4.69) is 5.32 Å². The molecule has 1 saturated carbocycles. The predicted octanol–water partition coefficient (Wildman–Crippen LogP) is 4.38. The maximum Gasteiger partial charge on any atom is 0.275 e. The number of hydrogen-bond acceptors (Lipinski definition) is 4. The largest absolute Gasteiger partial charge is 0.493 e. The van der Waals surface area contributed by atoms with Crippen molar-refractivity contribution in [2.45, 2.75) is 45.4 Å². The van der Waals surface area contributed by atoms with E-state index in [1.165, 1.54) is 38.2 Å². The monoisotopic (exact) mass is 292 g/mol. The Morgan fingerprint density at radius 2 is 2.05 bits per heavy atom. The van der Waals surface area contributed by atoms with Gasteiger partial charge in [0.15, 0.2) is 0 Å². The molecular weight excluding hydrogens is 268 g/mol. The Balaban J connectivity index is 2.02. The first-order valence-electron chi connectivity index (χ1n) is 7.85. The van der Waals surface area contributed by atoms with E-state index in [-0.39, 0.29) is 10.6 Å². The highest BCUT2D eigenvalue weighted by Crippen LogP contribution is 2.28. The normalized spacial score (nSPS) is 15.7. The van der Waals surface area contributed by atoms with Gasteiger partial charge in [0.1, 0.15) is 5.75 Å². The molecule has 0 atom stereocenters. The molecule has 2 rings (SSSR count). The van der Waals surface area contributed by atoms with Gasteiger partial charge >= 0.3 is 0 Å². The van der Waals surface area contributed by atoms with Crippen molar-refractivity contribution in [1.29, 1.82) is 0 Å². The van der Waals surface area contributed by atoms with Crippen molar-refractivity contribution < 1.29 is 9.66 Å². The summed E-state index contributed by atoms with van der Waals surface area (Å²) in [6, 6.07) is 4.93. The van der Waals surface area contributed by atoms with Crippen molar-refractivity contribution in [3.8, 4) is 5.75 Å². The van der Waals surface area contributed by atoms with Gasteiger partial charge in [-0.05, 0) is 25.2 Å². The van der Waals surface area contributed by atoms with Crippen LogP contribution in [-0.4, -0.2) is 18.1 Å². The van der Waals surface area contributed by atoms with Crippen LogP contribution in [0.25, 0.3) is 0 Å². The van der Waals surface area contributed by atoms with Gasteiger partial charge in [-0.2, -0.15) is 0 Å². The zero-order chi connectivity index (χ0) is 15.1. The molecule has 0 radical (unpaired) electrons. The highest BCUT2D eigenvalue weighted by atomic mass is 16.6. The summed E-state index contributed by atoms with van der Waals surface area (Å²) in [6.07, 6.45) is 7.32. The summed E-state index contributed by atoms with van der Waals surface area (Å²) in [5.74, 6) is 1.25. The molecule has 5 heteroatoms. The fraction of sp³-hybridized carbons (Fsp3) is 0.625. The summed E-state index contributed by atoms with van der Waals surface area (Å²) in [7, 11) is 0. The first-order chi connectivity index (χ1) is 10.2. The standard InChI is InChI=1S/C16H24N2O3/c1-2-8-21-16-10-14(9-15(11-16)18(19)20)17-12-13-6-4-3-5-7-13/h9-11,13,17H,2-8,12H2,1H3. The molecule has 0 amide bonds. The Morgan fingerprint density at radius 1 is 1.29 bits per heavy atom. The molecule has 1 fully saturated rings. The van der Waals surface area contributed by atoms with E-state index in [0.29, 0.717) is 18.3 Å². The molecule has 1 N–H and O–H groups in total. The van der Waals surface area contributed by atoms with E-state index in [1.54, 1.807) is 6.07 Å². The lowest BCUT2D eigenvalue weighted by atomic mass is 9.89. The van der Waals surface area contributed by atoms with Crippen molar-refractivity contribution in [2.24, 2.45) is 5.92 Å². The van der Waals surface area contributed by atoms with Crippen LogP contribution in [-0.2, 0) is 0 Å². The van der Waals surface area contributed by atoms with Crippen molar-refractivity contribution in [3.05, 3.63) is 28.3 Å². The van der Waals surface area contributed by atoms with E-state index < -0.39 is 0 Å². The van der Waals surface area contributed by atoms with Crippen LogP contribution in [0.2, 0.25) is 0 Å². The van der Waals surface area contributed by atoms with Gasteiger partial charge in [-0.1, -0.05) is 26.2 Å². The highest BCUT2D eigenvalue weighted by Gasteiger charge is 2.15. The molecule has 1 aromatic rings. The first kappa shape index (κ1) is 15.6. The Bertz CT molecular complexity index is 471. The van der Waals surface area contributed by atoms with E-state index in [4.69, 9.17) is 4.74 Å². The van der Waals surface area contributed by atoms with Crippen LogP contribution in [0.4, 0.5) is 11.4 Å². The van der Waals surface area contributed by atoms with E-state index in [0.717, 1.165) is 18.7 Å². The minimum Gasteiger partial charge on any atom is -0.493 e. The SMILES string of the molecule is CCCOc1cc(NCC2CCCCC2)cc([N+](=O)[O-])c1. The number of nitro groups is 1. The van der Waals surface area contributed by atoms with Crippen LogP contribution in [0.3, 0.4) is 0 Å². The van der Waals surface area contributed by atoms with Crippen molar-refractivity contribution >= 4 is 11.4 Å². The zero-order valence-electron chi connectivity index (χ0n) is 12.6. The topological polar surface area (TPSA) is 64.4 Å². The van der Waals surface area contributed by atoms with E-state index in [9.17, 15) is 10.1 Å². The molecule has 1 aliphatic carbocycles. The van der Waals surface area contributed by atoms with Crippen molar-refractivity contribution in [3.63, 3.8) is 0 Å². The molecule has 1 aromatic carbocycles. The van der Waals surface area contributed by atoms with Gasteiger partial charge < -0.3 is 10.1 Å². The van der Waals surface area contributed by atoms with Gasteiger partial charge in [0.05, 0.1) is 17.6 Å². The van der Waals surface area contributed by atoms with Crippen LogP contribution in [0.15, 0.2) is 18.2 Å². The Kier molecular flexibility index (Phi) is 5.84. The molecule has 116 valence electrons. The van der Waals surface area contributed by atoms with Crippen molar-refractivity contribution in [1.82, 2.24) is 0 Å². The number of nitrogens with one attached hydrogen (secondary N) is 1. The van der Waals surface area contributed by atoms with Gasteiger partial charge in [0.2, 0.25) is 0 Å². The lowest BCUT2D eigenvalue weighted by molar-refractivity contribution is -0.384. The van der Waals surface area contributed by atoms with E-state index >= 15 is 0 Å². The average molecular weight is 292 g/mol. The fourth-order valence-electron chi connectivity index (χ4n) is 2.75. The van der Waals surface area contributed by atoms with Crippen LogP contribution in [0.1, 0.15) is 45.4 Å². The quantitative estimate of drug-likeness (QED) is 0.598. The maximum atomic E-state index is 11.0. The number of benzene rings is 1. The minimum absolute atomic E-state index is 0.0785. The number of nitrogens with zero attached hydrogens (tertiary/aromatic N) is 1. The lowest BCUT2D eigenvalue weighted by Crippen LogP contribution is -2.17. The molecule has 5 nitrogen and oxygen atoms in total. The Labute approximate surface area is 125 Å². The third kappa shape index (κ3) is 4.92. The van der Waals surface area contributed by atoms with Crippen LogP contribution in [0, 0.1) is 16.0 Å². The molecule has 0 heterocycles. The fourth-order valence-corrected chi connectivity index (χ4v) is 2.75. The second kappa shape index (κ2) is 7.86. The summed E-state index contributed by atoms with van der Waals surface area (Å²) < 4.78 is 5.53. The van der Waals surface area contributed by atoms with E-state index in [1.807, 2.05) is 13.0 Å². The second-order valence-corrected chi connectivity index (χ2v) is 5.71. The van der Waals surface area contributed by atoms with Gasteiger partial charge in [0.25, 0.3) is 5.69 Å². The third-order valence-electron chi connectivity index (χ3n) is 3.89. The molecule has 0 aliphatic heterocycles. The lowest BCUT2D eigenvalue weighted by Gasteiger charge is -2.22. The summed E-state index contributed by atoms with van der Waals surface area (Å²) >= 11 is 0. The molecule has 0 unspecified atom stereocenters. The first-order valence-corrected chi connectivity index (χ1v) is 7.85. The molecule has 0 aromatic heterocycles. The molecule has 0 bridgehead atoms. The predicted molar refractivity (Wildman–Crippen MR) is 83.9 cm³/mol. The summed E-state index contributed by atoms with van der Waals surface area (Å²) in [5.41, 5.74) is 0.857. The number of hydrogen-bond donors (Lipinski definition) is 1. The minimum atomic E-state index is -0.370. The molecule has 0 spiro atoms. The molecule has 1 aliphatic rings. The summed E-state index contributed by atoms with van der Waals surface area (Å²) in [4.78, 5) is 10.6. The van der Waals surface area contributed by atoms with Gasteiger partial charge in [0, 0.05) is 24.4 Å². The second-order valence-electron chi connectivity index (χ2n) is 5.71. The van der Waals surface area contributed by atoms with Gasteiger partial charge in [-0.15, -0.1) is 0 Å². The Hall–Kier alpha value is -1.78. The highest BCUT2D eigenvalue weighted by molar-refractivity contribution is 5.56. The third-order valence-corrected chi connectivity index (χ3v) is 3.89. The van der Waals surface area contributed by atoms with Crippen LogP contribution >= 0.6 is 0 Å². The van der Waals surface area contributed by atoms with Gasteiger partial charge in [-0.3, -0.25) is 10.1 Å². The number of ether oxygens (including phenoxy) is 1. The van der Waals surface area contributed by atoms with Gasteiger partial charge in [-0.25, -0.2) is 0 Å². The zero-order valence-corrected chi connectivity index (χ0v) is 12.6. The Morgan fingerprint density at radius 3 is 2.71 bits per heavy atom. The maximum absolute atomic E-state index is 11.0. The summed E-state index contributed by atoms with van der Waals surface area (Å²) in [6.45, 7) is 3.47. The van der Waals surface area contributed by atoms with Crippen LogP contribution in [0.5, 0.6) is 5.75 Å². The number of nitro benzene ring substituents is 1. The smallest absolute Gasteiger partial charge is 0.275 e. The number of rotatable bonds is 7. The summed E-state index contributed by atoms with van der Waals surface area (Å²) in [5, 5.41) is 14.3. The molecular formula is C16H24N2O3. The van der Waals surface area contributed by atoms with Crippen LogP contribution < -0.4 is 10.1 Å². The average Bonchev–Trinajstić information content (AvgIpc) is 2.51.